The summed E-state index contributed by atoms with van der Waals surface area (Å²) < 4.78 is 5.87. The molecular weight excluding hydrogens is 432 g/mol. The molecule has 1 amide bonds. The van der Waals surface area contributed by atoms with Crippen molar-refractivity contribution in [3.05, 3.63) is 47.5 Å². The third kappa shape index (κ3) is 8.17. The highest BCUT2D eigenvalue weighted by Gasteiger charge is 2.09. The number of nitrogens with zero attached hydrogens (tertiary/aromatic N) is 2. The van der Waals surface area contributed by atoms with Gasteiger partial charge in [0.15, 0.2) is 5.13 Å². The van der Waals surface area contributed by atoms with E-state index in [0.717, 1.165) is 46.4 Å². The molecule has 0 radical (unpaired) electrons. The number of aromatic nitrogens is 2. The number of carbonyl (C=O) groups is 1. The van der Waals surface area contributed by atoms with Crippen molar-refractivity contribution in [2.45, 2.75) is 65.7 Å². The number of aryl methyl sites for hydroxylation is 1. The summed E-state index contributed by atoms with van der Waals surface area (Å²) in [6, 6.07) is 9.98. The lowest BCUT2D eigenvalue weighted by Gasteiger charge is -2.08. The summed E-state index contributed by atoms with van der Waals surface area (Å²) in [5.41, 5.74) is 3.63. The van der Waals surface area contributed by atoms with E-state index in [0.29, 0.717) is 5.82 Å². The number of amides is 1. The van der Waals surface area contributed by atoms with Crippen molar-refractivity contribution in [1.29, 1.82) is 0 Å². The van der Waals surface area contributed by atoms with Gasteiger partial charge in [0.05, 0.1) is 12.3 Å². The van der Waals surface area contributed by atoms with E-state index in [1.54, 1.807) is 6.20 Å². The largest absolute Gasteiger partial charge is 0.494 e. The molecule has 2 N–H and O–H groups in total. The number of thiazole rings is 1. The summed E-state index contributed by atoms with van der Waals surface area (Å²) in [6.07, 6.45) is 10.7. The van der Waals surface area contributed by atoms with Gasteiger partial charge in [-0.05, 0) is 49.2 Å². The molecule has 0 aliphatic carbocycles. The van der Waals surface area contributed by atoms with E-state index in [9.17, 15) is 4.79 Å². The predicted octanol–water partition coefficient (Wildman–Crippen LogP) is 7.34. The van der Waals surface area contributed by atoms with Crippen molar-refractivity contribution in [1.82, 2.24) is 9.97 Å². The van der Waals surface area contributed by atoms with Crippen LogP contribution < -0.4 is 15.4 Å². The first-order chi connectivity index (χ1) is 16.0. The molecule has 0 unspecified atom stereocenters. The van der Waals surface area contributed by atoms with Gasteiger partial charge in [0, 0.05) is 29.8 Å². The van der Waals surface area contributed by atoms with Crippen LogP contribution in [-0.4, -0.2) is 22.5 Å². The number of benzene rings is 1. The van der Waals surface area contributed by atoms with Gasteiger partial charge in [0.25, 0.3) is 0 Å². The SMILES string of the molecule is CCCCCCCCCOc1ccc(Nc2nc(-c3cnc(NC(C)=O)c(C)c3)cs2)cc1. The standard InChI is InChI=1S/C26H34N4O2S/c1-4-5-6-7-8-9-10-15-32-23-13-11-22(12-14-23)29-26-30-24(18-33-26)21-16-19(2)25(27-17-21)28-20(3)31/h11-14,16-18H,4-10,15H2,1-3H3,(H,29,30)(H,27,28,31). The Morgan fingerprint density at radius 3 is 2.48 bits per heavy atom. The second-order valence-electron chi connectivity index (χ2n) is 8.23. The van der Waals surface area contributed by atoms with Crippen LogP contribution in [-0.2, 0) is 4.79 Å². The van der Waals surface area contributed by atoms with E-state index in [2.05, 4.69) is 27.5 Å². The van der Waals surface area contributed by atoms with Gasteiger partial charge >= 0.3 is 0 Å². The molecule has 0 aliphatic rings. The van der Waals surface area contributed by atoms with E-state index in [4.69, 9.17) is 4.74 Å². The molecule has 33 heavy (non-hydrogen) atoms. The van der Waals surface area contributed by atoms with Crippen LogP contribution in [0.2, 0.25) is 0 Å². The number of rotatable bonds is 13. The molecule has 2 aromatic heterocycles. The van der Waals surface area contributed by atoms with Crippen LogP contribution in [0.1, 0.15) is 64.4 Å². The first-order valence-corrected chi connectivity index (χ1v) is 12.6. The zero-order valence-electron chi connectivity index (χ0n) is 19.8. The van der Waals surface area contributed by atoms with Crippen LogP contribution in [0.4, 0.5) is 16.6 Å². The van der Waals surface area contributed by atoms with Crippen molar-refractivity contribution in [3.8, 4) is 17.0 Å². The van der Waals surface area contributed by atoms with Gasteiger partial charge in [0.1, 0.15) is 11.6 Å². The zero-order chi connectivity index (χ0) is 23.5. The molecule has 0 aliphatic heterocycles. The molecule has 1 aromatic carbocycles. The Morgan fingerprint density at radius 2 is 1.79 bits per heavy atom. The molecule has 0 spiro atoms. The monoisotopic (exact) mass is 466 g/mol. The molecule has 0 atom stereocenters. The topological polar surface area (TPSA) is 76.1 Å². The number of carbonyl (C=O) groups excluding carboxylic acids is 1. The predicted molar refractivity (Wildman–Crippen MR) is 138 cm³/mol. The highest BCUT2D eigenvalue weighted by molar-refractivity contribution is 7.14. The Hall–Kier alpha value is -2.93. The van der Waals surface area contributed by atoms with Crippen molar-refractivity contribution >= 4 is 33.9 Å². The maximum Gasteiger partial charge on any atom is 0.222 e. The summed E-state index contributed by atoms with van der Waals surface area (Å²) in [5.74, 6) is 1.34. The lowest BCUT2D eigenvalue weighted by atomic mass is 10.1. The van der Waals surface area contributed by atoms with Gasteiger partial charge < -0.3 is 15.4 Å². The number of hydrogen-bond donors (Lipinski definition) is 2. The first kappa shape index (κ1) is 24.7. The molecule has 6 nitrogen and oxygen atoms in total. The third-order valence-corrected chi connectivity index (χ3v) is 6.05. The molecule has 3 aromatic rings. The van der Waals surface area contributed by atoms with Crippen LogP contribution in [0.3, 0.4) is 0 Å². The highest BCUT2D eigenvalue weighted by Crippen LogP contribution is 2.29. The van der Waals surface area contributed by atoms with Crippen molar-refractivity contribution in [3.63, 3.8) is 0 Å². The minimum atomic E-state index is -0.132. The van der Waals surface area contributed by atoms with Gasteiger partial charge in [-0.15, -0.1) is 11.3 Å². The minimum absolute atomic E-state index is 0.132. The van der Waals surface area contributed by atoms with Crippen LogP contribution in [0, 0.1) is 6.92 Å². The molecule has 2 heterocycles. The Bertz CT molecular complexity index is 1020. The number of hydrogen-bond acceptors (Lipinski definition) is 6. The fourth-order valence-corrected chi connectivity index (χ4v) is 4.22. The van der Waals surface area contributed by atoms with E-state index in [1.807, 2.05) is 42.6 Å². The number of unbranched alkanes of at least 4 members (excludes halogenated alkanes) is 6. The quantitative estimate of drug-likeness (QED) is 0.258. The summed E-state index contributed by atoms with van der Waals surface area (Å²) in [7, 11) is 0. The average Bonchev–Trinajstić information content (AvgIpc) is 3.26. The fourth-order valence-electron chi connectivity index (χ4n) is 3.48. The van der Waals surface area contributed by atoms with E-state index >= 15 is 0 Å². The zero-order valence-corrected chi connectivity index (χ0v) is 20.6. The Balaban J connectivity index is 1.46. The lowest BCUT2D eigenvalue weighted by Crippen LogP contribution is -2.08. The highest BCUT2D eigenvalue weighted by atomic mass is 32.1. The summed E-state index contributed by atoms with van der Waals surface area (Å²) in [6.45, 7) is 6.41. The molecule has 3 rings (SSSR count). The first-order valence-electron chi connectivity index (χ1n) is 11.7. The van der Waals surface area contributed by atoms with Crippen LogP contribution in [0.25, 0.3) is 11.3 Å². The van der Waals surface area contributed by atoms with Gasteiger partial charge in [-0.3, -0.25) is 4.79 Å². The van der Waals surface area contributed by atoms with Gasteiger partial charge in [0.2, 0.25) is 5.91 Å². The summed E-state index contributed by atoms with van der Waals surface area (Å²) in [4.78, 5) is 20.3. The van der Waals surface area contributed by atoms with Crippen LogP contribution >= 0.6 is 11.3 Å². The Kier molecular flexibility index (Phi) is 9.69. The van der Waals surface area contributed by atoms with Gasteiger partial charge in [-0.1, -0.05) is 45.4 Å². The molecule has 7 heteroatoms. The maximum atomic E-state index is 11.3. The van der Waals surface area contributed by atoms with Crippen molar-refractivity contribution < 1.29 is 9.53 Å². The smallest absolute Gasteiger partial charge is 0.222 e. The fraction of sp³-hybridized carbons (Fsp3) is 0.423. The van der Waals surface area contributed by atoms with E-state index < -0.39 is 0 Å². The van der Waals surface area contributed by atoms with Crippen molar-refractivity contribution in [2.24, 2.45) is 0 Å². The normalized spacial score (nSPS) is 10.8. The average molecular weight is 467 g/mol. The van der Waals surface area contributed by atoms with E-state index in [1.165, 1.54) is 56.8 Å². The van der Waals surface area contributed by atoms with Gasteiger partial charge in [-0.2, -0.15) is 0 Å². The minimum Gasteiger partial charge on any atom is -0.494 e. The third-order valence-electron chi connectivity index (χ3n) is 5.29. The lowest BCUT2D eigenvalue weighted by molar-refractivity contribution is -0.114. The van der Waals surface area contributed by atoms with Crippen LogP contribution in [0.15, 0.2) is 41.9 Å². The second-order valence-corrected chi connectivity index (χ2v) is 9.09. The van der Waals surface area contributed by atoms with E-state index in [-0.39, 0.29) is 5.91 Å². The van der Waals surface area contributed by atoms with Gasteiger partial charge in [-0.25, -0.2) is 9.97 Å². The maximum absolute atomic E-state index is 11.3. The molecule has 0 fully saturated rings. The Morgan fingerprint density at radius 1 is 1.06 bits per heavy atom. The number of ether oxygens (including phenoxy) is 1. The number of anilines is 3. The number of pyridine rings is 1. The summed E-state index contributed by atoms with van der Waals surface area (Å²) in [5, 5.41) is 8.89. The molecule has 0 bridgehead atoms. The number of nitrogens with one attached hydrogen (secondary N) is 2. The molecule has 0 saturated heterocycles. The summed E-state index contributed by atoms with van der Waals surface area (Å²) >= 11 is 1.54. The molecule has 0 saturated carbocycles. The Labute approximate surface area is 200 Å². The second kappa shape index (κ2) is 12.9. The molecule has 176 valence electrons. The van der Waals surface area contributed by atoms with Crippen molar-refractivity contribution in [2.75, 3.05) is 17.2 Å². The van der Waals surface area contributed by atoms with Crippen LogP contribution in [0.5, 0.6) is 5.75 Å². The molecular formula is C26H34N4O2S.